The van der Waals surface area contributed by atoms with E-state index >= 15 is 0 Å². The minimum atomic E-state index is -0.941. The molecule has 24 heavy (non-hydrogen) atoms. The predicted molar refractivity (Wildman–Crippen MR) is 87.5 cm³/mol. The summed E-state index contributed by atoms with van der Waals surface area (Å²) in [7, 11) is 3.46. The van der Waals surface area contributed by atoms with Crippen molar-refractivity contribution in [2.75, 3.05) is 30.4 Å². The first kappa shape index (κ1) is 16.2. The average molecular weight is 333 g/mol. The molecule has 3 rings (SSSR count). The third kappa shape index (κ3) is 3.61. The van der Waals surface area contributed by atoms with E-state index in [0.717, 1.165) is 0 Å². The Morgan fingerprint density at radius 1 is 1.50 bits per heavy atom. The summed E-state index contributed by atoms with van der Waals surface area (Å²) < 4.78 is 15.5. The molecule has 2 amide bonds. The molecule has 0 unspecified atom stereocenters. The molecule has 0 radical (unpaired) electrons. The summed E-state index contributed by atoms with van der Waals surface area (Å²) in [5, 5.41) is 14.7. The summed E-state index contributed by atoms with van der Waals surface area (Å²) in [6.07, 6.45) is 2.74. The van der Waals surface area contributed by atoms with Crippen molar-refractivity contribution in [3.8, 4) is 0 Å². The van der Waals surface area contributed by atoms with Crippen LogP contribution >= 0.6 is 0 Å². The number of carbonyl (C=O) groups excluding carboxylic acids is 1. The number of nitrogens with zero attached hydrogens (tertiary/aromatic N) is 6. The van der Waals surface area contributed by atoms with Crippen LogP contribution in [0.15, 0.2) is 30.6 Å². The fourth-order valence-electron chi connectivity index (χ4n) is 2.85. The van der Waals surface area contributed by atoms with Crippen molar-refractivity contribution in [1.29, 1.82) is 0 Å². The number of carbonyl (C=O) groups is 1. The Morgan fingerprint density at radius 2 is 2.33 bits per heavy atom. The molecule has 1 aliphatic rings. The highest BCUT2D eigenvalue weighted by Gasteiger charge is 2.34. The Kier molecular flexibility index (Phi) is 4.59. The van der Waals surface area contributed by atoms with E-state index in [9.17, 15) is 9.18 Å². The third-order valence-electron chi connectivity index (χ3n) is 4.00. The van der Waals surface area contributed by atoms with Crippen LogP contribution in [0.1, 0.15) is 6.42 Å². The van der Waals surface area contributed by atoms with E-state index in [-0.39, 0.29) is 18.6 Å². The Labute approximate surface area is 139 Å². The molecule has 1 fully saturated rings. The van der Waals surface area contributed by atoms with E-state index in [1.165, 1.54) is 4.90 Å². The highest BCUT2D eigenvalue weighted by molar-refractivity contribution is 5.88. The average Bonchev–Trinajstić information content (AvgIpc) is 3.13. The molecule has 9 heteroatoms. The Morgan fingerprint density at radius 3 is 3.00 bits per heavy atom. The van der Waals surface area contributed by atoms with E-state index in [2.05, 4.69) is 20.6 Å². The molecule has 0 bridgehead atoms. The second-order valence-corrected chi connectivity index (χ2v) is 5.91. The molecule has 2 aromatic heterocycles. The Hall–Kier alpha value is -2.71. The zero-order chi connectivity index (χ0) is 17.1. The van der Waals surface area contributed by atoms with Crippen LogP contribution in [0.3, 0.4) is 0 Å². The molecule has 0 aromatic carbocycles. The number of hydrogen-bond acceptors (Lipinski definition) is 5. The topological polar surface area (TPSA) is 79.2 Å². The van der Waals surface area contributed by atoms with Crippen molar-refractivity contribution in [2.45, 2.75) is 18.6 Å². The standard InChI is InChI=1S/C15H20FN7O/c1-21(15(24)18-13-5-7-22(2)20-13)10-12-8-11(16)9-23(12)14-4-3-6-17-19-14/h3-7,11-12H,8-10H2,1-2H3,(H,18,20,24)/t11-,12-/m0/s1. The smallest absolute Gasteiger partial charge is 0.322 e. The van der Waals surface area contributed by atoms with Crippen molar-refractivity contribution in [2.24, 2.45) is 7.05 Å². The van der Waals surface area contributed by atoms with E-state index in [0.29, 0.717) is 24.6 Å². The quantitative estimate of drug-likeness (QED) is 0.912. The lowest BCUT2D eigenvalue weighted by Gasteiger charge is -2.28. The van der Waals surface area contributed by atoms with E-state index in [1.807, 2.05) is 4.90 Å². The van der Waals surface area contributed by atoms with Crippen LogP contribution in [0.2, 0.25) is 0 Å². The van der Waals surface area contributed by atoms with Crippen LogP contribution < -0.4 is 10.2 Å². The first-order chi connectivity index (χ1) is 11.5. The maximum atomic E-state index is 13.9. The number of likely N-dealkylation sites (N-methyl/N-ethyl adjacent to an activating group) is 1. The van der Waals surface area contributed by atoms with Gasteiger partial charge < -0.3 is 9.80 Å². The van der Waals surface area contributed by atoms with Gasteiger partial charge in [-0.15, -0.1) is 5.10 Å². The molecule has 0 aliphatic carbocycles. The summed E-state index contributed by atoms with van der Waals surface area (Å²) >= 11 is 0. The van der Waals surface area contributed by atoms with Crippen LogP contribution in [0.25, 0.3) is 0 Å². The van der Waals surface area contributed by atoms with Crippen molar-refractivity contribution >= 4 is 17.7 Å². The number of amides is 2. The lowest BCUT2D eigenvalue weighted by atomic mass is 10.2. The lowest BCUT2D eigenvalue weighted by molar-refractivity contribution is 0.218. The van der Waals surface area contributed by atoms with E-state index in [1.54, 1.807) is 49.4 Å². The lowest BCUT2D eigenvalue weighted by Crippen LogP contribution is -2.43. The van der Waals surface area contributed by atoms with Crippen molar-refractivity contribution < 1.29 is 9.18 Å². The van der Waals surface area contributed by atoms with E-state index in [4.69, 9.17) is 0 Å². The van der Waals surface area contributed by atoms with Crippen LogP contribution in [0, 0.1) is 0 Å². The highest BCUT2D eigenvalue weighted by atomic mass is 19.1. The van der Waals surface area contributed by atoms with Gasteiger partial charge in [-0.05, 0) is 12.1 Å². The molecule has 2 aromatic rings. The Balaban J connectivity index is 1.63. The zero-order valence-electron chi connectivity index (χ0n) is 13.6. The summed E-state index contributed by atoms with van der Waals surface area (Å²) in [4.78, 5) is 15.7. The number of aryl methyl sites for hydroxylation is 1. The minimum Gasteiger partial charge on any atom is -0.347 e. The first-order valence-corrected chi connectivity index (χ1v) is 7.73. The number of urea groups is 1. The van der Waals surface area contributed by atoms with Crippen LogP contribution in [-0.4, -0.2) is 63.3 Å². The van der Waals surface area contributed by atoms with Crippen LogP contribution in [0.4, 0.5) is 20.8 Å². The highest BCUT2D eigenvalue weighted by Crippen LogP contribution is 2.25. The summed E-state index contributed by atoms with van der Waals surface area (Å²) in [6, 6.07) is 4.85. The molecule has 0 spiro atoms. The fourth-order valence-corrected chi connectivity index (χ4v) is 2.85. The van der Waals surface area contributed by atoms with Crippen LogP contribution in [0.5, 0.6) is 0 Å². The number of rotatable bonds is 4. The molecular weight excluding hydrogens is 313 g/mol. The second-order valence-electron chi connectivity index (χ2n) is 5.91. The number of anilines is 2. The van der Waals surface area contributed by atoms with Gasteiger partial charge in [0, 0.05) is 45.5 Å². The summed E-state index contributed by atoms with van der Waals surface area (Å²) in [5.41, 5.74) is 0. The van der Waals surface area contributed by atoms with Gasteiger partial charge in [0.1, 0.15) is 6.17 Å². The number of aromatic nitrogens is 4. The molecule has 1 N–H and O–H groups in total. The Bertz CT molecular complexity index is 692. The van der Waals surface area contributed by atoms with Crippen molar-refractivity contribution in [1.82, 2.24) is 24.9 Å². The molecular formula is C15H20FN7O. The number of hydrogen-bond donors (Lipinski definition) is 1. The summed E-state index contributed by atoms with van der Waals surface area (Å²) in [6.45, 7) is 0.648. The molecule has 1 aliphatic heterocycles. The molecule has 0 saturated carbocycles. The fraction of sp³-hybridized carbons (Fsp3) is 0.467. The van der Waals surface area contributed by atoms with Gasteiger partial charge in [-0.3, -0.25) is 10.00 Å². The molecule has 3 heterocycles. The van der Waals surface area contributed by atoms with Crippen molar-refractivity contribution in [3.63, 3.8) is 0 Å². The van der Waals surface area contributed by atoms with Gasteiger partial charge in [0.15, 0.2) is 11.6 Å². The van der Waals surface area contributed by atoms with Gasteiger partial charge >= 0.3 is 6.03 Å². The monoisotopic (exact) mass is 333 g/mol. The third-order valence-corrected chi connectivity index (χ3v) is 4.00. The van der Waals surface area contributed by atoms with E-state index < -0.39 is 6.17 Å². The second kappa shape index (κ2) is 6.81. The summed E-state index contributed by atoms with van der Waals surface area (Å²) in [5.74, 6) is 1.11. The molecule has 1 saturated heterocycles. The van der Waals surface area contributed by atoms with Gasteiger partial charge in [-0.1, -0.05) is 0 Å². The predicted octanol–water partition coefficient (Wildman–Crippen LogP) is 1.29. The van der Waals surface area contributed by atoms with Crippen molar-refractivity contribution in [3.05, 3.63) is 30.6 Å². The first-order valence-electron chi connectivity index (χ1n) is 7.73. The van der Waals surface area contributed by atoms with Gasteiger partial charge in [-0.25, -0.2) is 9.18 Å². The maximum absolute atomic E-state index is 13.9. The minimum absolute atomic E-state index is 0.142. The zero-order valence-corrected chi connectivity index (χ0v) is 13.6. The SMILES string of the molecule is CN(C[C@@H]1C[C@H](F)CN1c1cccnn1)C(=O)Nc1ccn(C)n1. The normalized spacial score (nSPS) is 20.2. The number of nitrogens with one attached hydrogen (secondary N) is 1. The van der Waals surface area contributed by atoms with Gasteiger partial charge in [0.2, 0.25) is 0 Å². The largest absolute Gasteiger partial charge is 0.347 e. The maximum Gasteiger partial charge on any atom is 0.322 e. The molecule has 2 atom stereocenters. The van der Waals surface area contributed by atoms with Gasteiger partial charge in [-0.2, -0.15) is 10.2 Å². The molecule has 8 nitrogen and oxygen atoms in total. The molecule has 128 valence electrons. The number of alkyl halides is 1. The van der Waals surface area contributed by atoms with Gasteiger partial charge in [0.05, 0.1) is 12.6 Å². The van der Waals surface area contributed by atoms with Crippen LogP contribution in [-0.2, 0) is 7.05 Å². The number of halogens is 1. The van der Waals surface area contributed by atoms with Gasteiger partial charge in [0.25, 0.3) is 0 Å².